The number of aliphatic hydroxyl groups is 1. The van der Waals surface area contributed by atoms with Crippen LogP contribution in [0.4, 0.5) is 4.39 Å². The van der Waals surface area contributed by atoms with Crippen molar-refractivity contribution in [2.24, 2.45) is 0 Å². The van der Waals surface area contributed by atoms with Gasteiger partial charge in [-0.3, -0.25) is 4.79 Å². The number of aromatic hydroxyl groups is 1. The van der Waals surface area contributed by atoms with Crippen LogP contribution in [0, 0.1) is 12.7 Å². The van der Waals surface area contributed by atoms with Crippen LogP contribution in [-0.2, 0) is 28.3 Å². The van der Waals surface area contributed by atoms with Gasteiger partial charge < -0.3 is 19.5 Å². The fourth-order valence-corrected chi connectivity index (χ4v) is 4.29. The summed E-state index contributed by atoms with van der Waals surface area (Å²) in [5, 5.41) is 21.2. The van der Waals surface area contributed by atoms with Crippen LogP contribution in [0.3, 0.4) is 0 Å². The Hall–Kier alpha value is -3.26. The number of benzene rings is 1. The predicted molar refractivity (Wildman–Crippen MR) is 101 cm³/mol. The lowest BCUT2D eigenvalue weighted by Gasteiger charge is -2.31. The summed E-state index contributed by atoms with van der Waals surface area (Å²) >= 11 is 0. The number of nitrogens with zero attached hydrogens (tertiary/aromatic N) is 2. The molecule has 8 heteroatoms. The number of aryl methyl sites for hydroxylation is 1. The Morgan fingerprint density at radius 3 is 2.76 bits per heavy atom. The van der Waals surface area contributed by atoms with Crippen molar-refractivity contribution in [2.45, 2.75) is 39.0 Å². The van der Waals surface area contributed by atoms with Crippen LogP contribution in [0.15, 0.2) is 23.0 Å². The number of esters is 1. The van der Waals surface area contributed by atoms with Gasteiger partial charge in [0, 0.05) is 22.6 Å². The van der Waals surface area contributed by atoms with E-state index in [-0.39, 0.29) is 36.3 Å². The maximum Gasteiger partial charge on any atom is 0.343 e. The number of ether oxygens (including phenoxy) is 1. The summed E-state index contributed by atoms with van der Waals surface area (Å²) in [5.74, 6) is -2.03. The molecule has 5 rings (SSSR count). The first kappa shape index (κ1) is 17.8. The minimum absolute atomic E-state index is 0.0588. The number of fused-ring (bicyclic) bond motifs is 5. The van der Waals surface area contributed by atoms with Crippen molar-refractivity contribution < 1.29 is 24.1 Å². The number of aromatic nitrogens is 2. The molecule has 3 aromatic rings. The Kier molecular flexibility index (Phi) is 3.46. The van der Waals surface area contributed by atoms with Gasteiger partial charge in [-0.25, -0.2) is 14.2 Å². The van der Waals surface area contributed by atoms with Crippen LogP contribution in [-0.4, -0.2) is 25.7 Å². The highest BCUT2D eigenvalue weighted by Gasteiger charge is 2.45. The van der Waals surface area contributed by atoms with Crippen molar-refractivity contribution >= 4 is 16.9 Å². The number of hydrogen-bond acceptors (Lipinski definition) is 6. The van der Waals surface area contributed by atoms with Crippen LogP contribution >= 0.6 is 0 Å². The van der Waals surface area contributed by atoms with Gasteiger partial charge in [-0.15, -0.1) is 0 Å². The van der Waals surface area contributed by atoms with E-state index in [0.29, 0.717) is 22.3 Å². The third-order valence-corrected chi connectivity index (χ3v) is 6.04. The van der Waals surface area contributed by atoms with Gasteiger partial charge in [0.2, 0.25) is 0 Å². The summed E-state index contributed by atoms with van der Waals surface area (Å²) in [6.45, 7) is 3.52. The molecule has 4 heterocycles. The molecule has 2 aromatic heterocycles. The molecule has 148 valence electrons. The highest BCUT2D eigenvalue weighted by molar-refractivity contribution is 5.89. The van der Waals surface area contributed by atoms with E-state index in [9.17, 15) is 24.2 Å². The van der Waals surface area contributed by atoms with Gasteiger partial charge in [-0.05, 0) is 31.0 Å². The lowest BCUT2D eigenvalue weighted by Crippen LogP contribution is -2.44. The van der Waals surface area contributed by atoms with Crippen molar-refractivity contribution in [3.8, 4) is 17.1 Å². The van der Waals surface area contributed by atoms with E-state index in [1.807, 2.05) is 6.92 Å². The van der Waals surface area contributed by atoms with Crippen LogP contribution in [0.25, 0.3) is 22.3 Å². The summed E-state index contributed by atoms with van der Waals surface area (Å²) in [7, 11) is 0. The normalized spacial score (nSPS) is 19.7. The molecule has 2 N–H and O–H groups in total. The molecule has 0 amide bonds. The van der Waals surface area contributed by atoms with Crippen LogP contribution in [0.5, 0.6) is 5.75 Å². The number of phenolic OH excluding ortho intramolecular Hbond substituents is 1. The van der Waals surface area contributed by atoms with E-state index in [0.717, 1.165) is 17.2 Å². The largest absolute Gasteiger partial charge is 0.505 e. The molecule has 1 aromatic carbocycles. The summed E-state index contributed by atoms with van der Waals surface area (Å²) in [4.78, 5) is 29.9. The molecule has 29 heavy (non-hydrogen) atoms. The minimum atomic E-state index is -1.89. The number of carbonyl (C=O) groups excluding carboxylic acids is 1. The van der Waals surface area contributed by atoms with E-state index in [1.165, 1.54) is 10.6 Å². The van der Waals surface area contributed by atoms with Gasteiger partial charge >= 0.3 is 5.97 Å². The minimum Gasteiger partial charge on any atom is -0.505 e. The monoisotopic (exact) mass is 396 g/mol. The van der Waals surface area contributed by atoms with Crippen molar-refractivity contribution in [2.75, 3.05) is 0 Å². The zero-order valence-corrected chi connectivity index (χ0v) is 15.7. The van der Waals surface area contributed by atoms with E-state index in [1.54, 1.807) is 13.0 Å². The second kappa shape index (κ2) is 5.64. The van der Waals surface area contributed by atoms with E-state index < -0.39 is 23.1 Å². The second-order valence-electron chi connectivity index (χ2n) is 7.49. The fraction of sp³-hybridized carbons (Fsp3) is 0.286. The van der Waals surface area contributed by atoms with Crippen molar-refractivity contribution in [3.05, 3.63) is 56.6 Å². The fourth-order valence-electron chi connectivity index (χ4n) is 4.29. The Morgan fingerprint density at radius 1 is 1.28 bits per heavy atom. The summed E-state index contributed by atoms with van der Waals surface area (Å²) in [5.41, 5.74) is 1.09. The van der Waals surface area contributed by atoms with Gasteiger partial charge in [0.25, 0.3) is 5.56 Å². The van der Waals surface area contributed by atoms with E-state index in [2.05, 4.69) is 4.98 Å². The second-order valence-corrected chi connectivity index (χ2v) is 7.49. The Balaban J connectivity index is 1.83. The van der Waals surface area contributed by atoms with Crippen molar-refractivity contribution in [1.82, 2.24) is 9.55 Å². The van der Waals surface area contributed by atoms with Gasteiger partial charge in [-0.2, -0.15) is 0 Å². The Morgan fingerprint density at radius 2 is 2.03 bits per heavy atom. The molecule has 0 aliphatic carbocycles. The first-order valence-electron chi connectivity index (χ1n) is 9.25. The smallest absolute Gasteiger partial charge is 0.343 e. The molecule has 0 fully saturated rings. The number of cyclic esters (lactones) is 1. The molecule has 0 radical (unpaired) electrons. The number of hydrogen-bond donors (Lipinski definition) is 2. The lowest BCUT2D eigenvalue weighted by atomic mass is 9.86. The molecule has 0 spiro atoms. The number of pyridine rings is 2. The topological polar surface area (TPSA) is 102 Å². The molecule has 0 saturated carbocycles. The number of rotatable bonds is 1. The third-order valence-electron chi connectivity index (χ3n) is 6.04. The highest BCUT2D eigenvalue weighted by Crippen LogP contribution is 2.40. The number of carbonyl (C=O) groups is 1. The molecule has 1 atom stereocenters. The zero-order chi connectivity index (χ0) is 20.7. The maximum atomic E-state index is 13.9. The number of halogens is 1. The SMILES string of the molecule is CC[C@@]1(O)C(=O)OCc2c1cc1n(c2=O)Cc2c-1nc1cc(F)c(O)cc1c2C. The summed E-state index contributed by atoms with van der Waals surface area (Å²) in [6, 6.07) is 4.09. The number of phenols is 1. The zero-order valence-electron chi connectivity index (χ0n) is 15.7. The average molecular weight is 396 g/mol. The van der Waals surface area contributed by atoms with Crippen LogP contribution in [0.1, 0.15) is 35.6 Å². The molecule has 0 bridgehead atoms. The van der Waals surface area contributed by atoms with Gasteiger partial charge in [-0.1, -0.05) is 6.92 Å². The van der Waals surface area contributed by atoms with E-state index in [4.69, 9.17) is 4.74 Å². The highest BCUT2D eigenvalue weighted by atomic mass is 19.1. The van der Waals surface area contributed by atoms with Crippen molar-refractivity contribution in [1.29, 1.82) is 0 Å². The molecule has 0 saturated heterocycles. The van der Waals surface area contributed by atoms with Crippen LogP contribution < -0.4 is 5.56 Å². The van der Waals surface area contributed by atoms with Gasteiger partial charge in [0.15, 0.2) is 17.2 Å². The van der Waals surface area contributed by atoms with Gasteiger partial charge in [0.05, 0.1) is 29.0 Å². The molecular formula is C21H17FN2O5. The van der Waals surface area contributed by atoms with Gasteiger partial charge in [0.1, 0.15) is 6.61 Å². The predicted octanol–water partition coefficient (Wildman–Crippen LogP) is 2.23. The first-order chi connectivity index (χ1) is 13.8. The summed E-state index contributed by atoms with van der Waals surface area (Å²) < 4.78 is 20.5. The molecule has 2 aliphatic heterocycles. The molecule has 2 aliphatic rings. The molecule has 0 unspecified atom stereocenters. The van der Waals surface area contributed by atoms with Crippen LogP contribution in [0.2, 0.25) is 0 Å². The van der Waals surface area contributed by atoms with E-state index >= 15 is 0 Å². The standard InChI is InChI=1S/C21H17FN2O5/c1-3-21(28)13-5-16-18-11(7-24(16)19(26)12(13)8-29-20(21)27)9(2)10-4-17(25)14(22)6-15(10)23-18/h4-6,25,28H,3,7-8H2,1-2H3/t21-/m0/s1. The summed E-state index contributed by atoms with van der Waals surface area (Å²) in [6.07, 6.45) is 0.0588. The third kappa shape index (κ3) is 2.17. The quantitative estimate of drug-likeness (QED) is 0.479. The lowest BCUT2D eigenvalue weighted by molar-refractivity contribution is -0.172. The Labute approximate surface area is 164 Å². The average Bonchev–Trinajstić information content (AvgIpc) is 3.06. The molecule has 7 nitrogen and oxygen atoms in total. The Bertz CT molecular complexity index is 1310. The van der Waals surface area contributed by atoms with Crippen molar-refractivity contribution in [3.63, 3.8) is 0 Å². The first-order valence-corrected chi connectivity index (χ1v) is 9.25. The maximum absolute atomic E-state index is 13.9. The molecular weight excluding hydrogens is 379 g/mol.